The van der Waals surface area contributed by atoms with Crippen LogP contribution >= 0.6 is 23.2 Å². The van der Waals surface area contributed by atoms with Gasteiger partial charge in [-0.15, -0.1) is 6.58 Å². The molecule has 0 N–H and O–H groups in total. The standard InChI is InChI=1S/C12H11Cl2N/c1-3-6-12(2,8-15)10-5-4-9(13)7-11(10)14/h3-5,7H,1,6H2,2H3. The largest absolute Gasteiger partial charge is 0.197 e. The third kappa shape index (κ3) is 2.53. The molecule has 0 saturated heterocycles. The van der Waals surface area contributed by atoms with E-state index in [1.165, 1.54) is 0 Å². The molecule has 0 heterocycles. The number of hydrogen-bond acceptors (Lipinski definition) is 1. The monoisotopic (exact) mass is 239 g/mol. The van der Waals surface area contributed by atoms with E-state index in [4.69, 9.17) is 23.2 Å². The molecule has 3 heteroatoms. The van der Waals surface area contributed by atoms with Crippen molar-refractivity contribution in [3.63, 3.8) is 0 Å². The first-order valence-electron chi connectivity index (χ1n) is 4.51. The second-order valence-corrected chi connectivity index (χ2v) is 4.40. The highest BCUT2D eigenvalue weighted by molar-refractivity contribution is 6.35. The van der Waals surface area contributed by atoms with E-state index in [0.717, 1.165) is 5.56 Å². The fraction of sp³-hybridized carbons (Fsp3) is 0.250. The van der Waals surface area contributed by atoms with Crippen molar-refractivity contribution in [1.82, 2.24) is 0 Å². The summed E-state index contributed by atoms with van der Waals surface area (Å²) in [6.45, 7) is 5.48. The fourth-order valence-corrected chi connectivity index (χ4v) is 2.06. The van der Waals surface area contributed by atoms with Crippen LogP contribution in [0.25, 0.3) is 0 Å². The lowest BCUT2D eigenvalue weighted by molar-refractivity contribution is 0.622. The topological polar surface area (TPSA) is 23.8 Å². The van der Waals surface area contributed by atoms with Crippen LogP contribution < -0.4 is 0 Å². The van der Waals surface area contributed by atoms with Gasteiger partial charge < -0.3 is 0 Å². The minimum atomic E-state index is -0.635. The summed E-state index contributed by atoms with van der Waals surface area (Å²) >= 11 is 11.9. The average Bonchev–Trinajstić information content (AvgIpc) is 2.17. The molecule has 0 bridgehead atoms. The number of allylic oxidation sites excluding steroid dienone is 1. The average molecular weight is 240 g/mol. The molecule has 1 atom stereocenters. The Morgan fingerprint density at radius 2 is 2.20 bits per heavy atom. The van der Waals surface area contributed by atoms with Gasteiger partial charge in [0.1, 0.15) is 0 Å². The summed E-state index contributed by atoms with van der Waals surface area (Å²) in [4.78, 5) is 0. The normalized spacial score (nSPS) is 14.0. The Morgan fingerprint density at radius 3 is 2.67 bits per heavy atom. The minimum Gasteiger partial charge on any atom is -0.197 e. The molecule has 0 radical (unpaired) electrons. The molecule has 0 saturated carbocycles. The van der Waals surface area contributed by atoms with Crippen LogP contribution in [0.1, 0.15) is 18.9 Å². The number of benzene rings is 1. The molecule has 1 aromatic carbocycles. The van der Waals surface area contributed by atoms with Gasteiger partial charge in [0.2, 0.25) is 0 Å². The van der Waals surface area contributed by atoms with Gasteiger partial charge in [0.15, 0.2) is 0 Å². The molecule has 1 unspecified atom stereocenters. The third-order valence-electron chi connectivity index (χ3n) is 2.32. The first-order chi connectivity index (χ1) is 7.03. The minimum absolute atomic E-state index is 0.522. The molecule has 0 spiro atoms. The zero-order valence-corrected chi connectivity index (χ0v) is 9.94. The second kappa shape index (κ2) is 4.70. The van der Waals surface area contributed by atoms with E-state index < -0.39 is 5.41 Å². The second-order valence-electron chi connectivity index (χ2n) is 3.56. The van der Waals surface area contributed by atoms with Gasteiger partial charge in [0.25, 0.3) is 0 Å². The summed E-state index contributed by atoms with van der Waals surface area (Å²) in [5, 5.41) is 10.3. The molecule has 0 aliphatic heterocycles. The molecular formula is C12H11Cl2N. The maximum Gasteiger partial charge on any atom is 0.0842 e. The van der Waals surface area contributed by atoms with Gasteiger partial charge >= 0.3 is 0 Å². The Labute approximate surface area is 99.9 Å². The van der Waals surface area contributed by atoms with Crippen LogP contribution in [0, 0.1) is 11.3 Å². The SMILES string of the molecule is C=CCC(C)(C#N)c1ccc(Cl)cc1Cl. The Hall–Kier alpha value is -0.970. The van der Waals surface area contributed by atoms with Crippen molar-refractivity contribution in [2.45, 2.75) is 18.8 Å². The van der Waals surface area contributed by atoms with Crippen LogP contribution in [0.15, 0.2) is 30.9 Å². The van der Waals surface area contributed by atoms with Crippen molar-refractivity contribution in [1.29, 1.82) is 5.26 Å². The summed E-state index contributed by atoms with van der Waals surface area (Å²) in [5.41, 5.74) is 0.152. The summed E-state index contributed by atoms with van der Waals surface area (Å²) in [6, 6.07) is 7.43. The predicted molar refractivity (Wildman–Crippen MR) is 64.2 cm³/mol. The van der Waals surface area contributed by atoms with Crippen molar-refractivity contribution in [2.24, 2.45) is 0 Å². The zero-order chi connectivity index (χ0) is 11.5. The Balaban J connectivity index is 3.25. The number of halogens is 2. The van der Waals surface area contributed by atoms with Crippen molar-refractivity contribution < 1.29 is 0 Å². The van der Waals surface area contributed by atoms with Crippen molar-refractivity contribution >= 4 is 23.2 Å². The smallest absolute Gasteiger partial charge is 0.0842 e. The Bertz CT molecular complexity index is 420. The quantitative estimate of drug-likeness (QED) is 0.720. The van der Waals surface area contributed by atoms with E-state index in [-0.39, 0.29) is 0 Å². The fourth-order valence-electron chi connectivity index (χ4n) is 1.44. The van der Waals surface area contributed by atoms with E-state index in [0.29, 0.717) is 16.5 Å². The first-order valence-corrected chi connectivity index (χ1v) is 5.27. The van der Waals surface area contributed by atoms with Gasteiger partial charge in [-0.25, -0.2) is 0 Å². The number of nitriles is 1. The molecular weight excluding hydrogens is 229 g/mol. The lowest BCUT2D eigenvalue weighted by Crippen LogP contribution is -2.18. The molecule has 15 heavy (non-hydrogen) atoms. The summed E-state index contributed by atoms with van der Waals surface area (Å²) in [7, 11) is 0. The van der Waals surface area contributed by atoms with Gasteiger partial charge in [-0.3, -0.25) is 0 Å². The van der Waals surface area contributed by atoms with Crippen LogP contribution in [-0.2, 0) is 5.41 Å². The first kappa shape index (κ1) is 12.1. The van der Waals surface area contributed by atoms with Crippen LogP contribution in [0.2, 0.25) is 10.0 Å². The summed E-state index contributed by atoms with van der Waals surface area (Å²) in [5.74, 6) is 0. The maximum absolute atomic E-state index is 9.17. The van der Waals surface area contributed by atoms with Crippen molar-refractivity contribution in [3.05, 3.63) is 46.5 Å². The van der Waals surface area contributed by atoms with E-state index in [9.17, 15) is 5.26 Å². The van der Waals surface area contributed by atoms with Crippen molar-refractivity contribution in [2.75, 3.05) is 0 Å². The van der Waals surface area contributed by atoms with Gasteiger partial charge in [0, 0.05) is 10.0 Å². The highest BCUT2D eigenvalue weighted by Crippen LogP contribution is 2.34. The summed E-state index contributed by atoms with van der Waals surface area (Å²) in [6.07, 6.45) is 2.28. The Morgan fingerprint density at radius 1 is 1.53 bits per heavy atom. The highest BCUT2D eigenvalue weighted by Gasteiger charge is 2.27. The molecule has 0 amide bonds. The van der Waals surface area contributed by atoms with Gasteiger partial charge in [-0.05, 0) is 31.0 Å². The van der Waals surface area contributed by atoms with Crippen LogP contribution in [0.4, 0.5) is 0 Å². The van der Waals surface area contributed by atoms with Crippen molar-refractivity contribution in [3.8, 4) is 6.07 Å². The van der Waals surface area contributed by atoms with Gasteiger partial charge in [0.05, 0.1) is 11.5 Å². The molecule has 78 valence electrons. The van der Waals surface area contributed by atoms with E-state index in [1.54, 1.807) is 24.3 Å². The maximum atomic E-state index is 9.17. The molecule has 1 aromatic rings. The van der Waals surface area contributed by atoms with E-state index in [1.807, 2.05) is 6.92 Å². The lowest BCUT2D eigenvalue weighted by Gasteiger charge is -2.21. The molecule has 1 rings (SSSR count). The van der Waals surface area contributed by atoms with E-state index in [2.05, 4.69) is 12.6 Å². The number of hydrogen-bond donors (Lipinski definition) is 0. The molecule has 0 aromatic heterocycles. The van der Waals surface area contributed by atoms with Gasteiger partial charge in [-0.1, -0.05) is 35.3 Å². The van der Waals surface area contributed by atoms with Crippen LogP contribution in [0.3, 0.4) is 0 Å². The van der Waals surface area contributed by atoms with E-state index >= 15 is 0 Å². The predicted octanol–water partition coefficient (Wildman–Crippen LogP) is 4.35. The van der Waals surface area contributed by atoms with Crippen LogP contribution in [0.5, 0.6) is 0 Å². The highest BCUT2D eigenvalue weighted by atomic mass is 35.5. The molecule has 0 fully saturated rings. The van der Waals surface area contributed by atoms with Gasteiger partial charge in [-0.2, -0.15) is 5.26 Å². The molecule has 1 nitrogen and oxygen atoms in total. The molecule has 0 aliphatic carbocycles. The summed E-state index contributed by atoms with van der Waals surface area (Å²) < 4.78 is 0. The third-order valence-corrected chi connectivity index (χ3v) is 2.87. The lowest BCUT2D eigenvalue weighted by atomic mass is 9.81. The van der Waals surface area contributed by atoms with Crippen LogP contribution in [-0.4, -0.2) is 0 Å². The molecule has 0 aliphatic rings. The number of rotatable bonds is 3. The Kier molecular flexibility index (Phi) is 3.79. The number of nitrogens with zero attached hydrogens (tertiary/aromatic N) is 1. The zero-order valence-electron chi connectivity index (χ0n) is 8.43.